The van der Waals surface area contributed by atoms with Gasteiger partial charge in [0, 0.05) is 29.2 Å². The predicted octanol–water partition coefficient (Wildman–Crippen LogP) is 3.71. The number of pyridine rings is 1. The molecule has 0 bridgehead atoms. The number of likely N-dealkylation sites (tertiary alicyclic amines) is 1. The third kappa shape index (κ3) is 6.08. The number of sulfonamides is 1. The van der Waals surface area contributed by atoms with Crippen LogP contribution in [-0.4, -0.2) is 50.6 Å². The number of nitrogens with one attached hydrogen (secondary N) is 1. The van der Waals surface area contributed by atoms with Crippen LogP contribution in [0.5, 0.6) is 5.75 Å². The number of piperidine rings is 1. The Morgan fingerprint density at radius 2 is 1.88 bits per heavy atom. The fourth-order valence-electron chi connectivity index (χ4n) is 4.14. The Morgan fingerprint density at radius 1 is 1.09 bits per heavy atom. The van der Waals surface area contributed by atoms with Gasteiger partial charge in [-0.2, -0.15) is 5.26 Å². The minimum Gasteiger partial charge on any atom is -0.494 e. The van der Waals surface area contributed by atoms with Crippen molar-refractivity contribution in [1.82, 2.24) is 14.6 Å². The van der Waals surface area contributed by atoms with Crippen molar-refractivity contribution in [3.05, 3.63) is 66.5 Å². The zero-order valence-corrected chi connectivity index (χ0v) is 19.3. The summed E-state index contributed by atoms with van der Waals surface area (Å²) in [7, 11) is -3.59. The minimum absolute atomic E-state index is 0.0527. The molecule has 7 nitrogen and oxygen atoms in total. The lowest BCUT2D eigenvalue weighted by Gasteiger charge is -2.32. The number of unbranched alkanes of at least 4 members (excludes halogenated alkanes) is 1. The minimum atomic E-state index is -3.59. The molecule has 1 fully saturated rings. The zero-order valence-electron chi connectivity index (χ0n) is 18.5. The molecule has 1 aliphatic rings. The standard InChI is InChI=1S/C25H28N4O3S/c26-18-20-6-8-23(9-7-20)32-17-2-1-14-29-15-11-22(12-16-29)28-33(30,31)25-5-3-4-21-19-27-13-10-24(21)25/h3-10,13,19,22,28H,1-2,11-12,14-17H2. The number of nitrogens with zero attached hydrogens (tertiary/aromatic N) is 3. The van der Waals surface area contributed by atoms with E-state index in [1.807, 2.05) is 18.2 Å². The van der Waals surface area contributed by atoms with E-state index in [0.29, 0.717) is 22.5 Å². The van der Waals surface area contributed by atoms with E-state index in [2.05, 4.69) is 20.7 Å². The number of fused-ring (bicyclic) bond motifs is 1. The first-order valence-corrected chi connectivity index (χ1v) is 12.7. The number of rotatable bonds is 9. The van der Waals surface area contributed by atoms with Crippen LogP contribution < -0.4 is 9.46 Å². The largest absolute Gasteiger partial charge is 0.494 e. The molecule has 2 heterocycles. The summed E-state index contributed by atoms with van der Waals surface area (Å²) in [5.41, 5.74) is 0.627. The molecule has 1 saturated heterocycles. The third-order valence-electron chi connectivity index (χ3n) is 5.96. The van der Waals surface area contributed by atoms with Gasteiger partial charge < -0.3 is 9.64 Å². The summed E-state index contributed by atoms with van der Waals surface area (Å²) in [5, 5.41) is 10.3. The van der Waals surface area contributed by atoms with Gasteiger partial charge in [0.15, 0.2) is 0 Å². The molecule has 2 aromatic carbocycles. The number of aromatic nitrogens is 1. The summed E-state index contributed by atoms with van der Waals surface area (Å²) in [5.74, 6) is 0.782. The number of nitriles is 1. The summed E-state index contributed by atoms with van der Waals surface area (Å²) in [4.78, 5) is 6.78. The summed E-state index contributed by atoms with van der Waals surface area (Å²) in [6.07, 6.45) is 6.87. The first-order valence-electron chi connectivity index (χ1n) is 11.3. The molecule has 0 spiro atoms. The van der Waals surface area contributed by atoms with Gasteiger partial charge in [-0.25, -0.2) is 13.1 Å². The summed E-state index contributed by atoms with van der Waals surface area (Å²) in [6.45, 7) is 3.38. The van der Waals surface area contributed by atoms with Gasteiger partial charge in [-0.15, -0.1) is 0 Å². The highest BCUT2D eigenvalue weighted by Crippen LogP contribution is 2.23. The molecule has 4 rings (SSSR count). The van der Waals surface area contributed by atoms with E-state index in [1.165, 1.54) is 0 Å². The molecule has 0 unspecified atom stereocenters. The van der Waals surface area contributed by atoms with Gasteiger partial charge in [0.1, 0.15) is 5.75 Å². The molecule has 1 aliphatic heterocycles. The first-order chi connectivity index (χ1) is 16.0. The smallest absolute Gasteiger partial charge is 0.241 e. The van der Waals surface area contributed by atoms with Crippen LogP contribution in [0.15, 0.2) is 65.8 Å². The Hall–Kier alpha value is -2.99. The van der Waals surface area contributed by atoms with E-state index >= 15 is 0 Å². The Labute approximate surface area is 195 Å². The van der Waals surface area contributed by atoms with E-state index in [9.17, 15) is 8.42 Å². The lowest BCUT2D eigenvalue weighted by atomic mass is 10.1. The number of hydrogen-bond donors (Lipinski definition) is 1. The summed E-state index contributed by atoms with van der Waals surface area (Å²) < 4.78 is 34.7. The fraction of sp³-hybridized carbons (Fsp3) is 0.360. The van der Waals surface area contributed by atoms with Crippen molar-refractivity contribution in [3.8, 4) is 11.8 Å². The SMILES string of the molecule is N#Cc1ccc(OCCCCN2CCC(NS(=O)(=O)c3cccc4cnccc34)CC2)cc1. The van der Waals surface area contributed by atoms with Crippen LogP contribution in [0.25, 0.3) is 10.8 Å². The normalized spacial score (nSPS) is 15.4. The number of benzene rings is 2. The Morgan fingerprint density at radius 3 is 2.64 bits per heavy atom. The van der Waals surface area contributed by atoms with Gasteiger partial charge in [0.2, 0.25) is 10.0 Å². The summed E-state index contributed by atoms with van der Waals surface area (Å²) >= 11 is 0. The molecule has 33 heavy (non-hydrogen) atoms. The van der Waals surface area contributed by atoms with Crippen molar-refractivity contribution in [2.75, 3.05) is 26.2 Å². The second kappa shape index (κ2) is 10.8. The van der Waals surface area contributed by atoms with Crippen molar-refractivity contribution in [3.63, 3.8) is 0 Å². The predicted molar refractivity (Wildman–Crippen MR) is 127 cm³/mol. The lowest BCUT2D eigenvalue weighted by molar-refractivity contribution is 0.198. The van der Waals surface area contributed by atoms with Crippen LogP contribution in [0.4, 0.5) is 0 Å². The third-order valence-corrected chi connectivity index (χ3v) is 7.54. The Balaban J connectivity index is 1.19. The van der Waals surface area contributed by atoms with Crippen LogP contribution in [-0.2, 0) is 10.0 Å². The molecule has 172 valence electrons. The zero-order chi connectivity index (χ0) is 23.1. The molecule has 0 radical (unpaired) electrons. The van der Waals surface area contributed by atoms with Gasteiger partial charge in [-0.1, -0.05) is 12.1 Å². The maximum Gasteiger partial charge on any atom is 0.241 e. The average molecular weight is 465 g/mol. The van der Waals surface area contributed by atoms with E-state index in [-0.39, 0.29) is 6.04 Å². The van der Waals surface area contributed by atoms with Crippen LogP contribution in [0.1, 0.15) is 31.2 Å². The number of ether oxygens (including phenoxy) is 1. The molecule has 0 atom stereocenters. The van der Waals surface area contributed by atoms with Crippen molar-refractivity contribution in [2.45, 2.75) is 36.6 Å². The van der Waals surface area contributed by atoms with Gasteiger partial charge >= 0.3 is 0 Å². The first kappa shape index (κ1) is 23.2. The second-order valence-corrected chi connectivity index (χ2v) is 9.96. The quantitative estimate of drug-likeness (QED) is 0.485. The fourth-order valence-corrected chi connectivity index (χ4v) is 5.67. The molecule has 1 N–H and O–H groups in total. The molecule has 3 aromatic rings. The number of hydrogen-bond acceptors (Lipinski definition) is 6. The van der Waals surface area contributed by atoms with E-state index < -0.39 is 10.0 Å². The lowest BCUT2D eigenvalue weighted by Crippen LogP contribution is -2.44. The molecule has 0 aliphatic carbocycles. The van der Waals surface area contributed by atoms with Crippen LogP contribution in [0.2, 0.25) is 0 Å². The molecule has 8 heteroatoms. The van der Waals surface area contributed by atoms with Gasteiger partial charge in [-0.05, 0) is 81.7 Å². The average Bonchev–Trinajstić information content (AvgIpc) is 2.84. The van der Waals surface area contributed by atoms with Crippen molar-refractivity contribution in [1.29, 1.82) is 5.26 Å². The topological polar surface area (TPSA) is 95.3 Å². The van der Waals surface area contributed by atoms with E-state index in [0.717, 1.165) is 56.5 Å². The summed E-state index contributed by atoms with van der Waals surface area (Å²) in [6, 6.07) is 16.2. The highest BCUT2D eigenvalue weighted by molar-refractivity contribution is 7.89. The van der Waals surface area contributed by atoms with Gasteiger partial charge in [-0.3, -0.25) is 4.98 Å². The van der Waals surface area contributed by atoms with E-state index in [1.54, 1.807) is 42.7 Å². The monoisotopic (exact) mass is 464 g/mol. The van der Waals surface area contributed by atoms with Crippen molar-refractivity contribution in [2.24, 2.45) is 0 Å². The molecule has 1 aromatic heterocycles. The van der Waals surface area contributed by atoms with Crippen LogP contribution >= 0.6 is 0 Å². The molecule has 0 amide bonds. The second-order valence-electron chi connectivity index (χ2n) is 8.28. The van der Waals surface area contributed by atoms with Crippen molar-refractivity contribution < 1.29 is 13.2 Å². The van der Waals surface area contributed by atoms with Crippen LogP contribution in [0.3, 0.4) is 0 Å². The van der Waals surface area contributed by atoms with Crippen LogP contribution in [0, 0.1) is 11.3 Å². The highest BCUT2D eigenvalue weighted by Gasteiger charge is 2.25. The van der Waals surface area contributed by atoms with Crippen molar-refractivity contribution >= 4 is 20.8 Å². The Kier molecular flexibility index (Phi) is 7.55. The van der Waals surface area contributed by atoms with E-state index in [4.69, 9.17) is 10.00 Å². The van der Waals surface area contributed by atoms with Gasteiger partial charge in [0.25, 0.3) is 0 Å². The van der Waals surface area contributed by atoms with Gasteiger partial charge in [0.05, 0.1) is 23.1 Å². The maximum absolute atomic E-state index is 13.0. The Bertz CT molecular complexity index is 1210. The highest BCUT2D eigenvalue weighted by atomic mass is 32.2. The molecule has 0 saturated carbocycles. The molecular formula is C25H28N4O3S. The maximum atomic E-state index is 13.0. The molecular weight excluding hydrogens is 436 g/mol.